The van der Waals surface area contributed by atoms with E-state index in [1.165, 1.54) is 63.5 Å². The van der Waals surface area contributed by atoms with Crippen molar-refractivity contribution >= 4 is 16.5 Å². The fraction of sp³-hybridized carbons (Fsp3) is 0.333. The second-order valence-electron chi connectivity index (χ2n) is 9.12. The number of piperidine rings is 1. The number of likely N-dealkylation sites (tertiary alicyclic amines) is 1. The Balaban J connectivity index is 1.73. The van der Waals surface area contributed by atoms with Crippen LogP contribution in [0.4, 0.5) is 0 Å². The van der Waals surface area contributed by atoms with Crippen molar-refractivity contribution < 1.29 is 4.74 Å². The second kappa shape index (κ2) is 6.13. The first-order valence-electron chi connectivity index (χ1n) is 11.0. The topological polar surface area (TPSA) is 12.5 Å². The van der Waals surface area contributed by atoms with Gasteiger partial charge in [0.1, 0.15) is 12.4 Å². The molecule has 1 fully saturated rings. The highest BCUT2D eigenvalue weighted by molar-refractivity contribution is 6.09. The SMILES string of the molecule is CC1(C)c2ccccc2-c2c1c1c(c3ccccc23)OCC=C1N1CCCCC1. The van der Waals surface area contributed by atoms with Crippen molar-refractivity contribution in [1.82, 2.24) is 4.90 Å². The van der Waals surface area contributed by atoms with Crippen molar-refractivity contribution in [3.63, 3.8) is 0 Å². The molecule has 3 aliphatic rings. The van der Waals surface area contributed by atoms with E-state index >= 15 is 0 Å². The second-order valence-corrected chi connectivity index (χ2v) is 9.12. The van der Waals surface area contributed by atoms with E-state index in [4.69, 9.17) is 4.74 Å². The molecule has 1 saturated heterocycles. The monoisotopic (exact) mass is 381 g/mol. The van der Waals surface area contributed by atoms with Gasteiger partial charge in [-0.1, -0.05) is 62.4 Å². The van der Waals surface area contributed by atoms with Crippen molar-refractivity contribution in [1.29, 1.82) is 0 Å². The molecular weight excluding hydrogens is 354 g/mol. The third-order valence-corrected chi connectivity index (χ3v) is 7.12. The molecule has 0 bridgehead atoms. The molecule has 0 radical (unpaired) electrons. The summed E-state index contributed by atoms with van der Waals surface area (Å²) in [5, 5.41) is 2.57. The molecule has 3 aromatic rings. The van der Waals surface area contributed by atoms with Gasteiger partial charge in [-0.2, -0.15) is 0 Å². The number of ether oxygens (including phenoxy) is 1. The van der Waals surface area contributed by atoms with Gasteiger partial charge >= 0.3 is 0 Å². The minimum absolute atomic E-state index is 0.0460. The van der Waals surface area contributed by atoms with Crippen LogP contribution in [-0.2, 0) is 5.41 Å². The molecule has 146 valence electrons. The van der Waals surface area contributed by atoms with Crippen LogP contribution in [0.25, 0.3) is 27.6 Å². The molecule has 6 rings (SSSR count). The van der Waals surface area contributed by atoms with Crippen LogP contribution in [0.2, 0.25) is 0 Å². The van der Waals surface area contributed by atoms with E-state index in [9.17, 15) is 0 Å². The van der Waals surface area contributed by atoms with Gasteiger partial charge in [0.05, 0.1) is 0 Å². The minimum atomic E-state index is -0.0460. The van der Waals surface area contributed by atoms with Crippen molar-refractivity contribution in [3.8, 4) is 16.9 Å². The Morgan fingerprint density at radius 1 is 0.828 bits per heavy atom. The lowest BCUT2D eigenvalue weighted by molar-refractivity contribution is 0.308. The number of rotatable bonds is 1. The average molecular weight is 382 g/mol. The Bertz CT molecular complexity index is 1160. The standard InChI is InChI=1S/C27H27NO/c1-27(2)21-13-7-6-12-20(21)23-18-10-4-5-11-19(18)26-24(25(23)27)22(14-17-29-26)28-15-8-3-9-16-28/h4-7,10-14H,3,8-9,15-17H2,1-2H3. The Hall–Kier alpha value is -2.74. The first-order chi connectivity index (χ1) is 14.2. The molecule has 0 atom stereocenters. The number of hydrogen-bond donors (Lipinski definition) is 0. The highest BCUT2D eigenvalue weighted by Crippen LogP contribution is 2.57. The van der Waals surface area contributed by atoms with Gasteiger partial charge in [-0.3, -0.25) is 0 Å². The molecule has 0 amide bonds. The van der Waals surface area contributed by atoms with Crippen LogP contribution in [-0.4, -0.2) is 24.6 Å². The predicted octanol–water partition coefficient (Wildman–Crippen LogP) is 6.37. The van der Waals surface area contributed by atoms with Crippen molar-refractivity contribution in [2.45, 2.75) is 38.5 Å². The van der Waals surface area contributed by atoms with Crippen LogP contribution in [0.15, 0.2) is 54.6 Å². The molecule has 3 aromatic carbocycles. The third kappa shape index (κ3) is 2.29. The lowest BCUT2D eigenvalue weighted by Gasteiger charge is -2.37. The lowest BCUT2D eigenvalue weighted by Crippen LogP contribution is -2.31. The van der Waals surface area contributed by atoms with Crippen molar-refractivity contribution in [2.75, 3.05) is 19.7 Å². The van der Waals surface area contributed by atoms with E-state index in [-0.39, 0.29) is 5.41 Å². The van der Waals surface area contributed by atoms with Crippen LogP contribution in [0.1, 0.15) is 49.8 Å². The number of fused-ring (bicyclic) bond motifs is 8. The van der Waals surface area contributed by atoms with E-state index in [2.05, 4.69) is 73.4 Å². The summed E-state index contributed by atoms with van der Waals surface area (Å²) in [6.45, 7) is 7.74. The molecule has 0 N–H and O–H groups in total. The van der Waals surface area contributed by atoms with Crippen LogP contribution in [0, 0.1) is 0 Å². The zero-order valence-electron chi connectivity index (χ0n) is 17.3. The summed E-state index contributed by atoms with van der Waals surface area (Å²) in [4.78, 5) is 2.61. The van der Waals surface area contributed by atoms with Gasteiger partial charge in [0.2, 0.25) is 0 Å². The Labute approximate surface area is 172 Å². The van der Waals surface area contributed by atoms with E-state index in [1.54, 1.807) is 0 Å². The largest absolute Gasteiger partial charge is 0.488 e. The molecular formula is C27H27NO. The zero-order valence-corrected chi connectivity index (χ0v) is 17.3. The van der Waals surface area contributed by atoms with Gasteiger partial charge in [-0.05, 0) is 53.0 Å². The fourth-order valence-electron chi connectivity index (χ4n) is 5.81. The smallest absolute Gasteiger partial charge is 0.137 e. The summed E-state index contributed by atoms with van der Waals surface area (Å²) in [6.07, 6.45) is 6.24. The maximum Gasteiger partial charge on any atom is 0.137 e. The number of hydrogen-bond acceptors (Lipinski definition) is 2. The summed E-state index contributed by atoms with van der Waals surface area (Å²) < 4.78 is 6.37. The van der Waals surface area contributed by atoms with Gasteiger partial charge in [0, 0.05) is 35.2 Å². The molecule has 0 saturated carbocycles. The quantitative estimate of drug-likeness (QED) is 0.486. The Kier molecular flexibility index (Phi) is 3.62. The van der Waals surface area contributed by atoms with Crippen LogP contribution in [0.5, 0.6) is 5.75 Å². The molecule has 2 heteroatoms. The normalized spacial score (nSPS) is 19.2. The molecule has 2 aliphatic heterocycles. The third-order valence-electron chi connectivity index (χ3n) is 7.12. The molecule has 29 heavy (non-hydrogen) atoms. The van der Waals surface area contributed by atoms with Crippen LogP contribution >= 0.6 is 0 Å². The van der Waals surface area contributed by atoms with Crippen molar-refractivity contribution in [2.24, 2.45) is 0 Å². The van der Waals surface area contributed by atoms with Crippen LogP contribution < -0.4 is 4.74 Å². The van der Waals surface area contributed by atoms with Gasteiger partial charge in [0.25, 0.3) is 0 Å². The molecule has 2 heterocycles. The van der Waals surface area contributed by atoms with Gasteiger partial charge in [-0.25, -0.2) is 0 Å². The molecule has 0 unspecified atom stereocenters. The minimum Gasteiger partial charge on any atom is -0.488 e. The van der Waals surface area contributed by atoms with E-state index < -0.39 is 0 Å². The van der Waals surface area contributed by atoms with Gasteiger partial charge in [-0.15, -0.1) is 0 Å². The first-order valence-corrected chi connectivity index (χ1v) is 11.0. The maximum atomic E-state index is 6.37. The summed E-state index contributed by atoms with van der Waals surface area (Å²) in [6, 6.07) is 17.8. The predicted molar refractivity (Wildman–Crippen MR) is 120 cm³/mol. The zero-order chi connectivity index (χ0) is 19.6. The maximum absolute atomic E-state index is 6.37. The summed E-state index contributed by atoms with van der Waals surface area (Å²) in [5.74, 6) is 1.09. The van der Waals surface area contributed by atoms with Crippen LogP contribution in [0.3, 0.4) is 0 Å². The highest BCUT2D eigenvalue weighted by Gasteiger charge is 2.42. The van der Waals surface area contributed by atoms with E-state index in [0.29, 0.717) is 6.61 Å². The molecule has 0 aromatic heterocycles. The summed E-state index contributed by atoms with van der Waals surface area (Å²) >= 11 is 0. The number of nitrogens with zero attached hydrogens (tertiary/aromatic N) is 1. The fourth-order valence-corrected chi connectivity index (χ4v) is 5.81. The molecule has 0 spiro atoms. The van der Waals surface area contributed by atoms with Crippen molar-refractivity contribution in [3.05, 3.63) is 71.3 Å². The number of benzene rings is 3. The summed E-state index contributed by atoms with van der Waals surface area (Å²) in [5.41, 5.74) is 8.36. The molecule has 2 nitrogen and oxygen atoms in total. The molecule has 1 aliphatic carbocycles. The van der Waals surface area contributed by atoms with Gasteiger partial charge in [0.15, 0.2) is 0 Å². The first kappa shape index (κ1) is 17.1. The average Bonchev–Trinajstić information content (AvgIpc) is 3.02. The summed E-state index contributed by atoms with van der Waals surface area (Å²) in [7, 11) is 0. The van der Waals surface area contributed by atoms with Gasteiger partial charge < -0.3 is 9.64 Å². The lowest BCUT2D eigenvalue weighted by atomic mass is 9.77. The Morgan fingerprint density at radius 3 is 2.38 bits per heavy atom. The Morgan fingerprint density at radius 2 is 1.55 bits per heavy atom. The van der Waals surface area contributed by atoms with E-state index in [1.807, 2.05) is 0 Å². The van der Waals surface area contributed by atoms with E-state index in [0.717, 1.165) is 18.8 Å². The highest BCUT2D eigenvalue weighted by atomic mass is 16.5.